The highest BCUT2D eigenvalue weighted by Gasteiger charge is 2.32. The van der Waals surface area contributed by atoms with Gasteiger partial charge in [-0.1, -0.05) is 45.0 Å². The molecule has 1 saturated heterocycles. The van der Waals surface area contributed by atoms with Crippen molar-refractivity contribution in [2.45, 2.75) is 51.0 Å². The van der Waals surface area contributed by atoms with Crippen LogP contribution < -0.4 is 10.6 Å². The molecule has 0 unspecified atom stereocenters. The Kier molecular flexibility index (Phi) is 4.42. The Labute approximate surface area is 161 Å². The molecule has 3 heterocycles. The maximum atomic E-state index is 6.78. The molecule has 2 aromatic heterocycles. The van der Waals surface area contributed by atoms with E-state index in [2.05, 4.69) is 64.9 Å². The highest BCUT2D eigenvalue weighted by Crippen LogP contribution is 2.30. The smallest absolute Gasteiger partial charge is 0.142 e. The molecule has 5 nitrogen and oxygen atoms in total. The minimum absolute atomic E-state index is 0.149. The molecule has 1 aliphatic rings. The predicted molar refractivity (Wildman–Crippen MR) is 111 cm³/mol. The molecule has 1 fully saturated rings. The van der Waals surface area contributed by atoms with Crippen LogP contribution in [0.1, 0.15) is 44.7 Å². The number of nitrogens with two attached hydrogens (primary N) is 1. The number of anilines is 1. The number of fused-ring (bicyclic) bond motifs is 1. The van der Waals surface area contributed by atoms with Gasteiger partial charge in [-0.3, -0.25) is 0 Å². The lowest BCUT2D eigenvalue weighted by molar-refractivity contribution is 0.330. The van der Waals surface area contributed by atoms with E-state index in [9.17, 15) is 0 Å². The number of hydrogen-bond donors (Lipinski definition) is 2. The Morgan fingerprint density at radius 2 is 1.78 bits per heavy atom. The van der Waals surface area contributed by atoms with Crippen molar-refractivity contribution in [2.75, 3.05) is 18.0 Å². The molecule has 0 aliphatic carbocycles. The monoisotopic (exact) mass is 363 g/mol. The van der Waals surface area contributed by atoms with Gasteiger partial charge in [0.2, 0.25) is 0 Å². The van der Waals surface area contributed by atoms with Crippen LogP contribution in [0.25, 0.3) is 11.0 Å². The number of benzene rings is 1. The van der Waals surface area contributed by atoms with E-state index in [4.69, 9.17) is 5.73 Å². The van der Waals surface area contributed by atoms with Gasteiger partial charge in [-0.2, -0.15) is 0 Å². The molecule has 0 atom stereocenters. The van der Waals surface area contributed by atoms with E-state index in [0.717, 1.165) is 49.2 Å². The van der Waals surface area contributed by atoms with Gasteiger partial charge in [0.05, 0.1) is 5.39 Å². The molecule has 0 bridgehead atoms. The number of rotatable bonds is 3. The summed E-state index contributed by atoms with van der Waals surface area (Å²) < 4.78 is 0. The predicted octanol–water partition coefficient (Wildman–Crippen LogP) is 3.80. The molecule has 0 saturated carbocycles. The van der Waals surface area contributed by atoms with E-state index >= 15 is 0 Å². The van der Waals surface area contributed by atoms with Crippen molar-refractivity contribution in [2.24, 2.45) is 5.73 Å². The Hall–Kier alpha value is -2.40. The van der Waals surface area contributed by atoms with E-state index < -0.39 is 0 Å². The van der Waals surface area contributed by atoms with E-state index in [1.165, 1.54) is 11.1 Å². The summed E-state index contributed by atoms with van der Waals surface area (Å²) in [5, 5.41) is 1.08. The van der Waals surface area contributed by atoms with E-state index in [-0.39, 0.29) is 11.0 Å². The number of nitrogens with one attached hydrogen (secondary N) is 1. The molecule has 3 N–H and O–H groups in total. The molecule has 142 valence electrons. The second-order valence-corrected chi connectivity index (χ2v) is 8.91. The molecule has 1 aliphatic heterocycles. The van der Waals surface area contributed by atoms with Gasteiger partial charge in [-0.25, -0.2) is 9.97 Å². The zero-order valence-electron chi connectivity index (χ0n) is 16.5. The van der Waals surface area contributed by atoms with Gasteiger partial charge in [0, 0.05) is 24.8 Å². The van der Waals surface area contributed by atoms with Crippen molar-refractivity contribution in [3.8, 4) is 0 Å². The third-order valence-electron chi connectivity index (χ3n) is 5.77. The largest absolute Gasteiger partial charge is 0.356 e. The summed E-state index contributed by atoms with van der Waals surface area (Å²) in [5.74, 6) is 1.01. The number of H-pyrrole nitrogens is 1. The minimum Gasteiger partial charge on any atom is -0.356 e. The molecule has 1 aromatic carbocycles. The zero-order valence-corrected chi connectivity index (χ0v) is 16.5. The quantitative estimate of drug-likeness (QED) is 0.743. The number of piperidine rings is 1. The number of aromatic amines is 1. The van der Waals surface area contributed by atoms with Crippen molar-refractivity contribution < 1.29 is 0 Å². The van der Waals surface area contributed by atoms with Crippen LogP contribution in [0.5, 0.6) is 0 Å². The average Bonchev–Trinajstić information content (AvgIpc) is 3.11. The molecule has 27 heavy (non-hydrogen) atoms. The molecule has 0 amide bonds. The van der Waals surface area contributed by atoms with Crippen LogP contribution in [0.4, 0.5) is 5.82 Å². The Morgan fingerprint density at radius 3 is 2.44 bits per heavy atom. The fourth-order valence-electron chi connectivity index (χ4n) is 3.98. The molecule has 0 radical (unpaired) electrons. The highest BCUT2D eigenvalue weighted by molar-refractivity contribution is 5.87. The van der Waals surface area contributed by atoms with E-state index in [0.29, 0.717) is 0 Å². The summed E-state index contributed by atoms with van der Waals surface area (Å²) in [7, 11) is 0. The molecule has 0 spiro atoms. The minimum atomic E-state index is -0.149. The maximum Gasteiger partial charge on any atom is 0.142 e. The van der Waals surface area contributed by atoms with Crippen LogP contribution in [-0.4, -0.2) is 33.6 Å². The van der Waals surface area contributed by atoms with Gasteiger partial charge in [-0.15, -0.1) is 0 Å². The Bertz CT molecular complexity index is 912. The van der Waals surface area contributed by atoms with Crippen molar-refractivity contribution >= 4 is 16.9 Å². The summed E-state index contributed by atoms with van der Waals surface area (Å²) in [6.07, 6.45) is 6.40. The zero-order chi connectivity index (χ0) is 19.1. The fraction of sp³-hybridized carbons (Fsp3) is 0.455. The van der Waals surface area contributed by atoms with Gasteiger partial charge in [0.25, 0.3) is 0 Å². The van der Waals surface area contributed by atoms with Crippen molar-refractivity contribution in [3.63, 3.8) is 0 Å². The first-order valence-electron chi connectivity index (χ1n) is 9.75. The van der Waals surface area contributed by atoms with Crippen molar-refractivity contribution in [3.05, 3.63) is 54.0 Å². The summed E-state index contributed by atoms with van der Waals surface area (Å²) in [4.78, 5) is 14.3. The lowest BCUT2D eigenvalue weighted by Gasteiger charge is -2.40. The second-order valence-electron chi connectivity index (χ2n) is 8.91. The van der Waals surface area contributed by atoms with Gasteiger partial charge in [0.15, 0.2) is 0 Å². The summed E-state index contributed by atoms with van der Waals surface area (Å²) in [6, 6.07) is 11.0. The Balaban J connectivity index is 1.44. The number of nitrogens with zero attached hydrogens (tertiary/aromatic N) is 3. The topological polar surface area (TPSA) is 70.8 Å². The van der Waals surface area contributed by atoms with Gasteiger partial charge >= 0.3 is 0 Å². The molecular weight excluding hydrogens is 334 g/mol. The van der Waals surface area contributed by atoms with Crippen LogP contribution in [0.3, 0.4) is 0 Å². The van der Waals surface area contributed by atoms with Crippen LogP contribution in [0.15, 0.2) is 42.9 Å². The molecule has 5 heteroatoms. The lowest BCUT2D eigenvalue weighted by atomic mass is 9.81. The van der Waals surface area contributed by atoms with Crippen LogP contribution >= 0.6 is 0 Å². The normalized spacial score (nSPS) is 17.4. The first kappa shape index (κ1) is 18.0. The summed E-state index contributed by atoms with van der Waals surface area (Å²) >= 11 is 0. The third-order valence-corrected chi connectivity index (χ3v) is 5.77. The first-order chi connectivity index (χ1) is 12.8. The maximum absolute atomic E-state index is 6.78. The third kappa shape index (κ3) is 3.69. The summed E-state index contributed by atoms with van der Waals surface area (Å²) in [6.45, 7) is 8.59. The van der Waals surface area contributed by atoms with Gasteiger partial charge in [0.1, 0.15) is 17.8 Å². The number of hydrogen-bond acceptors (Lipinski definition) is 4. The SMILES string of the molecule is CC(C)(C)c1ccc(CC2(N)CCN(c3ncnc4[nH]ccc34)CC2)cc1. The van der Waals surface area contributed by atoms with Crippen LogP contribution in [0, 0.1) is 0 Å². The lowest BCUT2D eigenvalue weighted by Crippen LogP contribution is -2.52. The average molecular weight is 364 g/mol. The van der Waals surface area contributed by atoms with Crippen molar-refractivity contribution in [1.82, 2.24) is 15.0 Å². The molecule has 4 rings (SSSR count). The van der Waals surface area contributed by atoms with Gasteiger partial charge in [-0.05, 0) is 41.9 Å². The highest BCUT2D eigenvalue weighted by atomic mass is 15.2. The van der Waals surface area contributed by atoms with Crippen molar-refractivity contribution in [1.29, 1.82) is 0 Å². The second kappa shape index (κ2) is 6.64. The van der Waals surface area contributed by atoms with Crippen LogP contribution in [0.2, 0.25) is 0 Å². The standard InChI is InChI=1S/C22H29N5/c1-21(2,3)17-6-4-16(5-7-17)14-22(23)9-12-27(13-10-22)20-18-8-11-24-19(18)25-15-26-20/h4-8,11,15H,9-10,12-14,23H2,1-3H3,(H,24,25,26). The molecular formula is C22H29N5. The molecule has 3 aromatic rings. The van der Waals surface area contributed by atoms with E-state index in [1.54, 1.807) is 6.33 Å². The first-order valence-corrected chi connectivity index (χ1v) is 9.75. The number of aromatic nitrogens is 3. The van der Waals surface area contributed by atoms with E-state index in [1.807, 2.05) is 12.3 Å². The fourth-order valence-corrected chi connectivity index (χ4v) is 3.98. The van der Waals surface area contributed by atoms with Crippen LogP contribution in [-0.2, 0) is 11.8 Å². The van der Waals surface area contributed by atoms with Gasteiger partial charge < -0.3 is 15.6 Å². The Morgan fingerprint density at radius 1 is 1.07 bits per heavy atom. The summed E-state index contributed by atoms with van der Waals surface area (Å²) in [5.41, 5.74) is 10.4.